The maximum atomic E-state index is 12.1. The molecule has 0 aliphatic heterocycles. The lowest BCUT2D eigenvalue weighted by Crippen LogP contribution is -2.26. The van der Waals surface area contributed by atoms with E-state index in [1.54, 1.807) is 24.3 Å². The lowest BCUT2D eigenvalue weighted by atomic mass is 10.1. The molecule has 0 aliphatic rings. The largest absolute Gasteiger partial charge is 0.346 e. The van der Waals surface area contributed by atoms with Gasteiger partial charge in [-0.1, -0.05) is 28.1 Å². The van der Waals surface area contributed by atoms with Crippen LogP contribution in [0.1, 0.15) is 34.5 Å². The molecule has 1 unspecified atom stereocenters. The number of hydrogen-bond donors (Lipinski definition) is 1. The topological polar surface area (TPSA) is 52.9 Å². The SMILES string of the molecule is CC(NC(=O)c1ccc(Br)cc1)c1ccc(C#N)cc1. The van der Waals surface area contributed by atoms with Gasteiger partial charge in [-0.3, -0.25) is 4.79 Å². The summed E-state index contributed by atoms with van der Waals surface area (Å²) in [6, 6.07) is 16.4. The minimum Gasteiger partial charge on any atom is -0.346 e. The van der Waals surface area contributed by atoms with Crippen LogP contribution < -0.4 is 5.32 Å². The molecule has 0 radical (unpaired) electrons. The van der Waals surface area contributed by atoms with Crippen LogP contribution in [-0.2, 0) is 0 Å². The Bertz CT molecular complexity index is 642. The third-order valence-corrected chi connectivity index (χ3v) is 3.52. The molecule has 0 aromatic heterocycles. The van der Waals surface area contributed by atoms with Crippen LogP contribution in [0.15, 0.2) is 53.0 Å². The first-order valence-electron chi connectivity index (χ1n) is 6.16. The number of hydrogen-bond acceptors (Lipinski definition) is 2. The van der Waals surface area contributed by atoms with Crippen molar-refractivity contribution in [1.29, 1.82) is 5.26 Å². The number of rotatable bonds is 3. The van der Waals surface area contributed by atoms with Gasteiger partial charge in [0.15, 0.2) is 0 Å². The van der Waals surface area contributed by atoms with E-state index in [2.05, 4.69) is 27.3 Å². The monoisotopic (exact) mass is 328 g/mol. The van der Waals surface area contributed by atoms with Gasteiger partial charge >= 0.3 is 0 Å². The summed E-state index contributed by atoms with van der Waals surface area (Å²) in [7, 11) is 0. The first-order chi connectivity index (χ1) is 9.60. The van der Waals surface area contributed by atoms with E-state index in [0.717, 1.165) is 10.0 Å². The maximum Gasteiger partial charge on any atom is 0.251 e. The summed E-state index contributed by atoms with van der Waals surface area (Å²) in [4.78, 5) is 12.1. The molecule has 0 fully saturated rings. The highest BCUT2D eigenvalue weighted by atomic mass is 79.9. The second-order valence-corrected chi connectivity index (χ2v) is 5.35. The Balaban J connectivity index is 2.06. The van der Waals surface area contributed by atoms with Crippen LogP contribution >= 0.6 is 15.9 Å². The van der Waals surface area contributed by atoms with Gasteiger partial charge in [-0.15, -0.1) is 0 Å². The van der Waals surface area contributed by atoms with Crippen LogP contribution in [0.2, 0.25) is 0 Å². The summed E-state index contributed by atoms with van der Waals surface area (Å²) >= 11 is 3.34. The van der Waals surface area contributed by atoms with Gasteiger partial charge in [0, 0.05) is 10.0 Å². The molecule has 3 nitrogen and oxygen atoms in total. The van der Waals surface area contributed by atoms with Gasteiger partial charge in [0.1, 0.15) is 0 Å². The molecule has 1 amide bonds. The number of nitriles is 1. The van der Waals surface area contributed by atoms with Crippen molar-refractivity contribution >= 4 is 21.8 Å². The molecular formula is C16H13BrN2O. The number of amides is 1. The molecule has 1 atom stereocenters. The van der Waals surface area contributed by atoms with Gasteiger partial charge in [0.05, 0.1) is 17.7 Å². The highest BCUT2D eigenvalue weighted by Gasteiger charge is 2.11. The number of carbonyl (C=O) groups is 1. The van der Waals surface area contributed by atoms with Gasteiger partial charge in [0.2, 0.25) is 0 Å². The standard InChI is InChI=1S/C16H13BrN2O/c1-11(13-4-2-12(10-18)3-5-13)19-16(20)14-6-8-15(17)9-7-14/h2-9,11H,1H3,(H,19,20). The lowest BCUT2D eigenvalue weighted by molar-refractivity contribution is 0.0940. The fourth-order valence-corrected chi connectivity index (χ4v) is 2.08. The molecule has 2 aromatic rings. The van der Waals surface area contributed by atoms with Crippen molar-refractivity contribution in [1.82, 2.24) is 5.32 Å². The highest BCUT2D eigenvalue weighted by Crippen LogP contribution is 2.15. The molecule has 0 bridgehead atoms. The van der Waals surface area contributed by atoms with E-state index in [4.69, 9.17) is 5.26 Å². The molecular weight excluding hydrogens is 316 g/mol. The molecule has 0 aliphatic carbocycles. The van der Waals surface area contributed by atoms with Crippen molar-refractivity contribution in [2.45, 2.75) is 13.0 Å². The Morgan fingerprint density at radius 1 is 1.15 bits per heavy atom. The number of nitrogens with one attached hydrogen (secondary N) is 1. The van der Waals surface area contributed by atoms with Crippen molar-refractivity contribution in [3.63, 3.8) is 0 Å². The summed E-state index contributed by atoms with van der Waals surface area (Å²) in [5.41, 5.74) is 2.20. The fraction of sp³-hybridized carbons (Fsp3) is 0.125. The first kappa shape index (κ1) is 14.3. The number of carbonyl (C=O) groups excluding carboxylic acids is 1. The normalized spacial score (nSPS) is 11.4. The third kappa shape index (κ3) is 3.46. The second-order valence-electron chi connectivity index (χ2n) is 4.44. The predicted molar refractivity (Wildman–Crippen MR) is 81.2 cm³/mol. The summed E-state index contributed by atoms with van der Waals surface area (Å²) in [5, 5.41) is 11.7. The van der Waals surface area contributed by atoms with E-state index in [-0.39, 0.29) is 11.9 Å². The average Bonchev–Trinajstić information content (AvgIpc) is 2.48. The van der Waals surface area contributed by atoms with Gasteiger partial charge in [-0.25, -0.2) is 0 Å². The minimum atomic E-state index is -0.116. The van der Waals surface area contributed by atoms with Crippen molar-refractivity contribution in [3.8, 4) is 6.07 Å². The Morgan fingerprint density at radius 3 is 2.30 bits per heavy atom. The van der Waals surface area contributed by atoms with E-state index in [9.17, 15) is 4.79 Å². The van der Waals surface area contributed by atoms with Crippen molar-refractivity contribution in [3.05, 3.63) is 69.7 Å². The summed E-state index contributed by atoms with van der Waals surface area (Å²) in [6.07, 6.45) is 0. The van der Waals surface area contributed by atoms with Crippen LogP contribution in [0.4, 0.5) is 0 Å². The molecule has 2 rings (SSSR count). The van der Waals surface area contributed by atoms with Gasteiger partial charge < -0.3 is 5.32 Å². The van der Waals surface area contributed by atoms with E-state index in [1.807, 2.05) is 31.2 Å². The quantitative estimate of drug-likeness (QED) is 0.931. The van der Waals surface area contributed by atoms with Crippen LogP contribution in [0.25, 0.3) is 0 Å². The average molecular weight is 329 g/mol. The molecule has 2 aromatic carbocycles. The van der Waals surface area contributed by atoms with Crippen LogP contribution in [0, 0.1) is 11.3 Å². The Labute approximate surface area is 126 Å². The van der Waals surface area contributed by atoms with E-state index < -0.39 is 0 Å². The molecule has 0 saturated carbocycles. The Hall–Kier alpha value is -2.12. The maximum absolute atomic E-state index is 12.1. The van der Waals surface area contributed by atoms with Crippen LogP contribution in [-0.4, -0.2) is 5.91 Å². The van der Waals surface area contributed by atoms with Crippen molar-refractivity contribution < 1.29 is 4.79 Å². The van der Waals surface area contributed by atoms with Crippen molar-refractivity contribution in [2.75, 3.05) is 0 Å². The van der Waals surface area contributed by atoms with Crippen LogP contribution in [0.5, 0.6) is 0 Å². The smallest absolute Gasteiger partial charge is 0.251 e. The number of benzene rings is 2. The summed E-state index contributed by atoms with van der Waals surface area (Å²) in [5.74, 6) is -0.116. The second kappa shape index (κ2) is 6.36. The zero-order valence-corrected chi connectivity index (χ0v) is 12.5. The minimum absolute atomic E-state index is 0.112. The zero-order chi connectivity index (χ0) is 14.5. The molecule has 0 saturated heterocycles. The van der Waals surface area contributed by atoms with Gasteiger partial charge in [-0.05, 0) is 48.9 Å². The van der Waals surface area contributed by atoms with Crippen molar-refractivity contribution in [2.24, 2.45) is 0 Å². The highest BCUT2D eigenvalue weighted by molar-refractivity contribution is 9.10. The number of halogens is 1. The molecule has 20 heavy (non-hydrogen) atoms. The van der Waals surface area contributed by atoms with E-state index in [0.29, 0.717) is 11.1 Å². The molecule has 100 valence electrons. The van der Waals surface area contributed by atoms with Gasteiger partial charge in [0.25, 0.3) is 5.91 Å². The Kier molecular flexibility index (Phi) is 4.54. The lowest BCUT2D eigenvalue weighted by Gasteiger charge is -2.14. The van der Waals surface area contributed by atoms with E-state index in [1.165, 1.54) is 0 Å². The zero-order valence-electron chi connectivity index (χ0n) is 10.9. The first-order valence-corrected chi connectivity index (χ1v) is 6.96. The molecule has 4 heteroatoms. The molecule has 0 spiro atoms. The van der Waals surface area contributed by atoms with Gasteiger partial charge in [-0.2, -0.15) is 5.26 Å². The molecule has 0 heterocycles. The summed E-state index contributed by atoms with van der Waals surface area (Å²) < 4.78 is 0.939. The van der Waals surface area contributed by atoms with Crippen LogP contribution in [0.3, 0.4) is 0 Å². The number of nitrogens with zero attached hydrogens (tertiary/aromatic N) is 1. The molecule has 1 N–H and O–H groups in total. The van der Waals surface area contributed by atoms with E-state index >= 15 is 0 Å². The third-order valence-electron chi connectivity index (χ3n) is 2.99. The predicted octanol–water partition coefficient (Wildman–Crippen LogP) is 3.81. The Morgan fingerprint density at radius 2 is 1.75 bits per heavy atom. The fourth-order valence-electron chi connectivity index (χ4n) is 1.81. The summed E-state index contributed by atoms with van der Waals surface area (Å²) in [6.45, 7) is 1.91.